The third-order valence-electron chi connectivity index (χ3n) is 4.01. The van der Waals surface area contributed by atoms with Crippen molar-refractivity contribution in [2.75, 3.05) is 31.6 Å². The molecule has 0 saturated carbocycles. The molecule has 1 saturated heterocycles. The van der Waals surface area contributed by atoms with Gasteiger partial charge in [0, 0.05) is 31.4 Å². The lowest BCUT2D eigenvalue weighted by Crippen LogP contribution is -2.51. The minimum Gasteiger partial charge on any atom is -0.368 e. The molecule has 0 amide bonds. The van der Waals surface area contributed by atoms with Crippen LogP contribution in [0.2, 0.25) is 0 Å². The summed E-state index contributed by atoms with van der Waals surface area (Å²) < 4.78 is 0. The van der Waals surface area contributed by atoms with Gasteiger partial charge in [-0.15, -0.1) is 0 Å². The Hall–Kier alpha value is -1.60. The quantitative estimate of drug-likeness (QED) is 0.815. The van der Waals surface area contributed by atoms with Gasteiger partial charge in [0.1, 0.15) is 6.07 Å². The highest BCUT2D eigenvalue weighted by molar-refractivity contribution is 5.62. The van der Waals surface area contributed by atoms with Crippen molar-refractivity contribution in [1.82, 2.24) is 9.88 Å². The summed E-state index contributed by atoms with van der Waals surface area (Å²) in [6.07, 6.45) is 1.14. The van der Waals surface area contributed by atoms with Gasteiger partial charge >= 0.3 is 0 Å². The van der Waals surface area contributed by atoms with Crippen LogP contribution in [0.5, 0.6) is 0 Å². The summed E-state index contributed by atoms with van der Waals surface area (Å²) in [6.45, 7) is 9.14. The van der Waals surface area contributed by atoms with Gasteiger partial charge in [-0.05, 0) is 33.4 Å². The molecule has 1 aromatic rings. The lowest BCUT2D eigenvalue weighted by atomic mass is 10.1. The number of hydrogen-bond donors (Lipinski definition) is 0. The molecule has 4 heteroatoms. The first-order chi connectivity index (χ1) is 9.06. The van der Waals surface area contributed by atoms with Crippen LogP contribution in [-0.4, -0.2) is 42.6 Å². The fraction of sp³-hybridized carbons (Fsp3) is 0.600. The van der Waals surface area contributed by atoms with Gasteiger partial charge in [0.15, 0.2) is 0 Å². The van der Waals surface area contributed by atoms with Gasteiger partial charge in [-0.2, -0.15) is 5.26 Å². The van der Waals surface area contributed by atoms with E-state index in [0.717, 1.165) is 48.7 Å². The SMILES string of the molecule is CCC1CN(c2cc(C)nc(C)c2C#N)CCN1C. The van der Waals surface area contributed by atoms with Crippen LogP contribution in [0.25, 0.3) is 0 Å². The van der Waals surface area contributed by atoms with E-state index in [2.05, 4.69) is 34.8 Å². The molecule has 0 aromatic carbocycles. The number of nitrogens with zero attached hydrogens (tertiary/aromatic N) is 4. The van der Waals surface area contributed by atoms with Gasteiger partial charge < -0.3 is 4.90 Å². The van der Waals surface area contributed by atoms with E-state index in [1.165, 1.54) is 0 Å². The number of hydrogen-bond acceptors (Lipinski definition) is 4. The fourth-order valence-corrected chi connectivity index (χ4v) is 2.80. The van der Waals surface area contributed by atoms with Crippen molar-refractivity contribution >= 4 is 5.69 Å². The van der Waals surface area contributed by atoms with Crippen molar-refractivity contribution in [2.24, 2.45) is 0 Å². The molecule has 0 bridgehead atoms. The molecule has 0 radical (unpaired) electrons. The average molecular weight is 258 g/mol. The van der Waals surface area contributed by atoms with Crippen molar-refractivity contribution in [3.05, 3.63) is 23.0 Å². The summed E-state index contributed by atoms with van der Waals surface area (Å²) in [4.78, 5) is 9.14. The summed E-state index contributed by atoms with van der Waals surface area (Å²) in [7, 11) is 2.18. The van der Waals surface area contributed by atoms with Gasteiger partial charge in [0.2, 0.25) is 0 Å². The average Bonchev–Trinajstić information content (AvgIpc) is 2.38. The Morgan fingerprint density at radius 1 is 1.42 bits per heavy atom. The maximum Gasteiger partial charge on any atom is 0.103 e. The predicted molar refractivity (Wildman–Crippen MR) is 77.3 cm³/mol. The number of nitriles is 1. The number of aromatic nitrogens is 1. The molecule has 1 atom stereocenters. The van der Waals surface area contributed by atoms with Crippen molar-refractivity contribution < 1.29 is 0 Å². The molecular weight excluding hydrogens is 236 g/mol. The molecule has 0 aliphatic carbocycles. The standard InChI is InChI=1S/C15H22N4/c1-5-13-10-19(7-6-18(13)4)15-8-11(2)17-12(3)14(15)9-16/h8,13H,5-7,10H2,1-4H3. The van der Waals surface area contributed by atoms with E-state index in [0.29, 0.717) is 6.04 Å². The second kappa shape index (κ2) is 5.58. The van der Waals surface area contributed by atoms with Crippen molar-refractivity contribution in [3.63, 3.8) is 0 Å². The van der Waals surface area contributed by atoms with Crippen molar-refractivity contribution in [2.45, 2.75) is 33.2 Å². The third kappa shape index (κ3) is 2.71. The number of pyridine rings is 1. The van der Waals surface area contributed by atoms with Gasteiger partial charge in [0.05, 0.1) is 16.9 Å². The zero-order chi connectivity index (χ0) is 14.0. The summed E-state index contributed by atoms with van der Waals surface area (Å²) in [5.41, 5.74) is 3.60. The van der Waals surface area contributed by atoms with Crippen LogP contribution in [-0.2, 0) is 0 Å². The smallest absolute Gasteiger partial charge is 0.103 e. The number of likely N-dealkylation sites (N-methyl/N-ethyl adjacent to an activating group) is 1. The van der Waals surface area contributed by atoms with Crippen LogP contribution in [0, 0.1) is 25.2 Å². The summed E-state index contributed by atoms with van der Waals surface area (Å²) in [5.74, 6) is 0. The molecule has 1 fully saturated rings. The lowest BCUT2D eigenvalue weighted by molar-refractivity contribution is 0.213. The Balaban J connectivity index is 2.34. The first-order valence-electron chi connectivity index (χ1n) is 6.90. The van der Waals surface area contributed by atoms with Crippen LogP contribution in [0.1, 0.15) is 30.3 Å². The molecule has 19 heavy (non-hydrogen) atoms. The topological polar surface area (TPSA) is 43.2 Å². The largest absolute Gasteiger partial charge is 0.368 e. The Morgan fingerprint density at radius 2 is 2.16 bits per heavy atom. The molecule has 1 aromatic heterocycles. The lowest BCUT2D eigenvalue weighted by Gasteiger charge is -2.40. The van der Waals surface area contributed by atoms with Gasteiger partial charge in [0.25, 0.3) is 0 Å². The minimum atomic E-state index is 0.564. The van der Waals surface area contributed by atoms with Crippen LogP contribution in [0.3, 0.4) is 0 Å². The summed E-state index contributed by atoms with van der Waals surface area (Å²) in [5, 5.41) is 9.37. The third-order valence-corrected chi connectivity index (χ3v) is 4.01. The second-order valence-electron chi connectivity index (χ2n) is 5.34. The van der Waals surface area contributed by atoms with E-state index in [-0.39, 0.29) is 0 Å². The highest BCUT2D eigenvalue weighted by Gasteiger charge is 2.25. The van der Waals surface area contributed by atoms with Crippen LogP contribution < -0.4 is 4.90 Å². The van der Waals surface area contributed by atoms with Crippen LogP contribution >= 0.6 is 0 Å². The predicted octanol–water partition coefficient (Wildman–Crippen LogP) is 2.10. The maximum atomic E-state index is 9.37. The van der Waals surface area contributed by atoms with Crippen molar-refractivity contribution in [3.8, 4) is 6.07 Å². The molecule has 102 valence electrons. The first-order valence-corrected chi connectivity index (χ1v) is 6.90. The van der Waals surface area contributed by atoms with Gasteiger partial charge in [-0.1, -0.05) is 6.92 Å². The molecular formula is C15H22N4. The van der Waals surface area contributed by atoms with Gasteiger partial charge in [-0.3, -0.25) is 9.88 Å². The highest BCUT2D eigenvalue weighted by atomic mass is 15.3. The Morgan fingerprint density at radius 3 is 2.79 bits per heavy atom. The van der Waals surface area contributed by atoms with Crippen LogP contribution in [0.4, 0.5) is 5.69 Å². The Kier molecular flexibility index (Phi) is 4.06. The number of piperazine rings is 1. The number of anilines is 1. The molecule has 0 N–H and O–H groups in total. The first kappa shape index (κ1) is 13.8. The van der Waals surface area contributed by atoms with E-state index in [4.69, 9.17) is 0 Å². The second-order valence-corrected chi connectivity index (χ2v) is 5.34. The monoisotopic (exact) mass is 258 g/mol. The van der Waals surface area contributed by atoms with E-state index >= 15 is 0 Å². The molecule has 2 rings (SSSR count). The Bertz CT molecular complexity index is 504. The minimum absolute atomic E-state index is 0.564. The molecule has 4 nitrogen and oxygen atoms in total. The molecule has 2 heterocycles. The Labute approximate surface area is 115 Å². The van der Waals surface area contributed by atoms with E-state index < -0.39 is 0 Å². The molecule has 1 aliphatic rings. The molecule has 0 spiro atoms. The maximum absolute atomic E-state index is 9.37. The number of aryl methyl sites for hydroxylation is 2. The fourth-order valence-electron chi connectivity index (χ4n) is 2.80. The normalized spacial score (nSPS) is 20.4. The highest BCUT2D eigenvalue weighted by Crippen LogP contribution is 2.26. The molecule has 1 unspecified atom stereocenters. The summed E-state index contributed by atoms with van der Waals surface area (Å²) >= 11 is 0. The number of rotatable bonds is 2. The van der Waals surface area contributed by atoms with Crippen molar-refractivity contribution in [1.29, 1.82) is 5.26 Å². The van der Waals surface area contributed by atoms with Crippen LogP contribution in [0.15, 0.2) is 6.07 Å². The van der Waals surface area contributed by atoms with E-state index in [1.54, 1.807) is 0 Å². The zero-order valence-electron chi connectivity index (χ0n) is 12.3. The summed E-state index contributed by atoms with van der Waals surface area (Å²) in [6, 6.07) is 4.92. The zero-order valence-corrected chi connectivity index (χ0v) is 12.3. The van der Waals surface area contributed by atoms with E-state index in [1.807, 2.05) is 19.9 Å². The van der Waals surface area contributed by atoms with Gasteiger partial charge in [-0.25, -0.2) is 0 Å². The van der Waals surface area contributed by atoms with E-state index in [9.17, 15) is 5.26 Å². The molecule has 1 aliphatic heterocycles.